The van der Waals surface area contributed by atoms with Crippen LogP contribution in [0.25, 0.3) is 0 Å². The molecular weight excluding hydrogens is 666 g/mol. The second kappa shape index (κ2) is 12.5. The third-order valence-electron chi connectivity index (χ3n) is 9.34. The Morgan fingerprint density at radius 2 is 1.74 bits per heavy atom. The molecule has 3 fully saturated rings. The molecule has 3 aliphatic rings. The number of anilines is 1. The van der Waals surface area contributed by atoms with Crippen molar-refractivity contribution < 1.29 is 26.8 Å². The number of para-hydroxylation sites is 1. The molecule has 47 heavy (non-hydrogen) atoms. The van der Waals surface area contributed by atoms with Gasteiger partial charge in [0.05, 0.1) is 22.9 Å². The van der Waals surface area contributed by atoms with Gasteiger partial charge in [0.1, 0.15) is 18.0 Å². The van der Waals surface area contributed by atoms with Crippen LogP contribution in [0.2, 0.25) is 10.0 Å². The van der Waals surface area contributed by atoms with Crippen molar-refractivity contribution in [2.24, 2.45) is 5.92 Å². The van der Waals surface area contributed by atoms with Gasteiger partial charge in [-0.1, -0.05) is 59.6 Å². The van der Waals surface area contributed by atoms with E-state index in [0.717, 1.165) is 24.0 Å². The predicted octanol–water partition coefficient (Wildman–Crippen LogP) is 7.22. The van der Waals surface area contributed by atoms with Crippen molar-refractivity contribution in [3.63, 3.8) is 0 Å². The van der Waals surface area contributed by atoms with Crippen LogP contribution in [0.1, 0.15) is 67.2 Å². The molecule has 0 unspecified atom stereocenters. The fourth-order valence-electron chi connectivity index (χ4n) is 6.66. The maximum absolute atomic E-state index is 14.7. The van der Waals surface area contributed by atoms with E-state index in [9.17, 15) is 17.6 Å². The summed E-state index contributed by atoms with van der Waals surface area (Å²) >= 11 is 12.8. The first-order valence-corrected chi connectivity index (χ1v) is 17.8. The van der Waals surface area contributed by atoms with E-state index in [1.807, 2.05) is 35.2 Å². The zero-order valence-corrected chi connectivity index (χ0v) is 27.8. The van der Waals surface area contributed by atoms with Gasteiger partial charge in [0.2, 0.25) is 21.8 Å². The number of morpholine rings is 1. The van der Waals surface area contributed by atoms with Crippen molar-refractivity contribution in [3.8, 4) is 0 Å². The monoisotopic (exact) mass is 698 g/mol. The Hall–Kier alpha value is -3.51. The van der Waals surface area contributed by atoms with Gasteiger partial charge in [-0.2, -0.15) is 0 Å². The second-order valence-electron chi connectivity index (χ2n) is 12.6. The lowest BCUT2D eigenvalue weighted by atomic mass is 9.88. The number of nitrogens with zero attached hydrogens (tertiary/aromatic N) is 3. The van der Waals surface area contributed by atoms with E-state index in [1.165, 1.54) is 18.2 Å². The zero-order chi connectivity index (χ0) is 32.9. The van der Waals surface area contributed by atoms with Crippen molar-refractivity contribution in [1.29, 1.82) is 0 Å². The minimum Gasteiger partial charge on any atom is -0.425 e. The molecule has 13 heteroatoms. The number of aryl methyl sites for hydroxylation is 1. The molecule has 3 aromatic carbocycles. The molecule has 4 aromatic rings. The molecule has 1 aromatic heterocycles. The number of hydrogen-bond acceptors (Lipinski definition) is 7. The Bertz CT molecular complexity index is 1900. The van der Waals surface area contributed by atoms with Gasteiger partial charge in [0.15, 0.2) is 0 Å². The number of carbonyl (C=O) groups excluding carboxylic acids is 1. The van der Waals surface area contributed by atoms with E-state index in [1.54, 1.807) is 31.2 Å². The quantitative estimate of drug-likeness (QED) is 0.176. The highest BCUT2D eigenvalue weighted by atomic mass is 35.5. The summed E-state index contributed by atoms with van der Waals surface area (Å²) in [6.45, 7) is 1.67. The molecule has 2 saturated carbocycles. The summed E-state index contributed by atoms with van der Waals surface area (Å²) in [5, 5.41) is 9.09. The zero-order valence-electron chi connectivity index (χ0n) is 25.5. The van der Waals surface area contributed by atoms with Crippen LogP contribution in [0.5, 0.6) is 0 Å². The number of halogens is 3. The summed E-state index contributed by atoms with van der Waals surface area (Å²) in [6, 6.07) is 19.2. The normalized spacial score (nSPS) is 23.0. The van der Waals surface area contributed by atoms with Crippen LogP contribution >= 0.6 is 23.2 Å². The second-order valence-corrected chi connectivity index (χ2v) is 15.6. The molecule has 1 N–H and O–H groups in total. The first-order chi connectivity index (χ1) is 22.5. The molecular formula is C34H33Cl2FN4O5S. The molecule has 2 heterocycles. The molecule has 9 nitrogen and oxygen atoms in total. The highest BCUT2D eigenvalue weighted by Gasteiger charge is 2.60. The van der Waals surface area contributed by atoms with E-state index in [2.05, 4.69) is 14.9 Å². The lowest BCUT2D eigenvalue weighted by Crippen LogP contribution is -2.57. The molecule has 1 saturated heterocycles. The maximum Gasteiger partial charge on any atom is 0.253 e. The molecule has 246 valence electrons. The van der Waals surface area contributed by atoms with Gasteiger partial charge >= 0.3 is 0 Å². The van der Waals surface area contributed by atoms with Crippen molar-refractivity contribution in [2.75, 3.05) is 4.72 Å². The lowest BCUT2D eigenvalue weighted by molar-refractivity contribution is -0.181. The van der Waals surface area contributed by atoms with Gasteiger partial charge in [0.25, 0.3) is 5.91 Å². The summed E-state index contributed by atoms with van der Waals surface area (Å²) in [5.74, 6) is -0.260. The maximum atomic E-state index is 14.7. The van der Waals surface area contributed by atoms with Crippen LogP contribution in [-0.2, 0) is 26.0 Å². The Morgan fingerprint density at radius 3 is 2.38 bits per heavy atom. The fourth-order valence-corrected chi connectivity index (χ4v) is 8.68. The number of nitrogens with one attached hydrogen (secondary N) is 1. The third kappa shape index (κ3) is 6.50. The van der Waals surface area contributed by atoms with E-state index in [4.69, 9.17) is 32.4 Å². The average Bonchev–Trinajstić information content (AvgIpc) is 3.97. The molecule has 0 bridgehead atoms. The number of benzene rings is 3. The summed E-state index contributed by atoms with van der Waals surface area (Å²) in [5.41, 5.74) is 1.44. The van der Waals surface area contributed by atoms with Gasteiger partial charge < -0.3 is 14.1 Å². The van der Waals surface area contributed by atoms with Gasteiger partial charge in [-0.15, -0.1) is 10.2 Å². The molecule has 1 aliphatic heterocycles. The molecule has 0 spiro atoms. The number of aromatic nitrogens is 2. The van der Waals surface area contributed by atoms with Crippen LogP contribution < -0.4 is 4.72 Å². The first-order valence-electron chi connectivity index (χ1n) is 15.6. The Balaban J connectivity index is 1.31. The lowest BCUT2D eigenvalue weighted by Gasteiger charge is -2.49. The molecule has 2 aliphatic carbocycles. The highest BCUT2D eigenvalue weighted by molar-refractivity contribution is 7.94. The van der Waals surface area contributed by atoms with Crippen LogP contribution in [0.15, 0.2) is 77.2 Å². The highest BCUT2D eigenvalue weighted by Crippen LogP contribution is 2.55. The number of amides is 1. The van der Waals surface area contributed by atoms with Crippen molar-refractivity contribution in [2.45, 2.75) is 74.5 Å². The summed E-state index contributed by atoms with van der Waals surface area (Å²) in [6.07, 6.45) is 1.03. The molecule has 0 radical (unpaired) electrons. The Labute approximate surface area is 282 Å². The van der Waals surface area contributed by atoms with Crippen molar-refractivity contribution >= 4 is 44.8 Å². The number of sulfonamides is 1. The molecule has 4 atom stereocenters. The van der Waals surface area contributed by atoms with Gasteiger partial charge in [-0.3, -0.25) is 9.52 Å². The Morgan fingerprint density at radius 1 is 1.00 bits per heavy atom. The molecule has 7 rings (SSSR count). The number of carbonyl (C=O) groups is 1. The summed E-state index contributed by atoms with van der Waals surface area (Å²) in [7, 11) is -4.03. The summed E-state index contributed by atoms with van der Waals surface area (Å²) < 4.78 is 56.1. The van der Waals surface area contributed by atoms with Crippen molar-refractivity contribution in [1.82, 2.24) is 15.1 Å². The predicted molar refractivity (Wildman–Crippen MR) is 175 cm³/mol. The number of ether oxygens (including phenoxy) is 1. The summed E-state index contributed by atoms with van der Waals surface area (Å²) in [4.78, 5) is 16.6. The van der Waals surface area contributed by atoms with Crippen LogP contribution in [-0.4, -0.2) is 46.3 Å². The SMILES string of the molecule is Cc1nnc(C[C@H]2O[C@H](c3cccc(Cl)c3)[C@@H](c3ccc(Cl)cc3)N([C@@H](CC3(S(=O)(=O)Nc4ccccc4F)CC3)C3CC3)C2=O)o1. The average molecular weight is 700 g/mol. The van der Waals surface area contributed by atoms with Crippen LogP contribution in [0.3, 0.4) is 0 Å². The van der Waals surface area contributed by atoms with Crippen LogP contribution in [0.4, 0.5) is 10.1 Å². The van der Waals surface area contributed by atoms with Crippen molar-refractivity contribution in [3.05, 3.63) is 112 Å². The smallest absolute Gasteiger partial charge is 0.253 e. The third-order valence-corrected chi connectivity index (χ3v) is 12.0. The topological polar surface area (TPSA) is 115 Å². The number of rotatable bonds is 11. The molecule has 1 amide bonds. The number of hydrogen-bond donors (Lipinski definition) is 1. The first kappa shape index (κ1) is 32.1. The van der Waals surface area contributed by atoms with E-state index < -0.39 is 44.9 Å². The van der Waals surface area contributed by atoms with Gasteiger partial charge in [-0.05, 0) is 85.5 Å². The van der Waals surface area contributed by atoms with E-state index in [0.29, 0.717) is 28.8 Å². The minimum absolute atomic E-state index is 0.0379. The van der Waals surface area contributed by atoms with Gasteiger partial charge in [0, 0.05) is 23.0 Å². The standard InChI is InChI=1S/C34H33Cl2FN4O5S/c1-20-38-39-30(45-20)18-29-33(42)41(31(22-11-13-24(35)14-12-22)32(46-29)23-5-4-6-25(36)17-23)28(21-9-10-21)19-34(15-16-34)47(43,44)40-27-8-3-2-7-26(27)37/h2-8,11-14,17,21,28-29,31-32,40H,9-10,15-16,18-19H2,1H3/t28-,29+,31+,32+/m0/s1. The largest absolute Gasteiger partial charge is 0.425 e. The van der Waals surface area contributed by atoms with E-state index in [-0.39, 0.29) is 36.2 Å². The Kier molecular flexibility index (Phi) is 8.53. The fraction of sp³-hybridized carbons (Fsp3) is 0.382. The van der Waals surface area contributed by atoms with Gasteiger partial charge in [-0.25, -0.2) is 12.8 Å². The minimum atomic E-state index is -4.03. The van der Waals surface area contributed by atoms with E-state index >= 15 is 0 Å². The van der Waals surface area contributed by atoms with Crippen LogP contribution in [0, 0.1) is 18.7 Å².